The molecular formula is C13H12ClFN2O. The number of para-hydroxylation sites is 1. The molecule has 0 amide bonds. The number of halogens is 2. The third-order valence-corrected chi connectivity index (χ3v) is 2.59. The van der Waals surface area contributed by atoms with Gasteiger partial charge in [0, 0.05) is 23.9 Å². The van der Waals surface area contributed by atoms with Crippen molar-refractivity contribution in [3.63, 3.8) is 0 Å². The van der Waals surface area contributed by atoms with Crippen molar-refractivity contribution in [3.05, 3.63) is 53.1 Å². The van der Waals surface area contributed by atoms with Gasteiger partial charge in [0.2, 0.25) is 0 Å². The molecule has 0 saturated carbocycles. The van der Waals surface area contributed by atoms with Crippen molar-refractivity contribution in [1.82, 2.24) is 4.98 Å². The largest absolute Gasteiger partial charge is 0.452 e. The number of hydrogen-bond acceptors (Lipinski definition) is 3. The van der Waals surface area contributed by atoms with Crippen LogP contribution in [0.4, 0.5) is 4.39 Å². The molecule has 5 heteroatoms. The fourth-order valence-electron chi connectivity index (χ4n) is 1.56. The van der Waals surface area contributed by atoms with Crippen LogP contribution in [0.2, 0.25) is 5.02 Å². The van der Waals surface area contributed by atoms with Crippen LogP contribution in [0.1, 0.15) is 18.5 Å². The molecule has 0 fully saturated rings. The number of aromatic nitrogens is 1. The van der Waals surface area contributed by atoms with Crippen molar-refractivity contribution in [2.24, 2.45) is 5.73 Å². The average molecular weight is 267 g/mol. The molecule has 2 aromatic rings. The van der Waals surface area contributed by atoms with Gasteiger partial charge in [-0.1, -0.05) is 23.7 Å². The van der Waals surface area contributed by atoms with Gasteiger partial charge in [0.15, 0.2) is 11.6 Å². The molecule has 1 heterocycles. The van der Waals surface area contributed by atoms with E-state index in [-0.39, 0.29) is 11.8 Å². The van der Waals surface area contributed by atoms with Crippen molar-refractivity contribution in [2.45, 2.75) is 13.0 Å². The summed E-state index contributed by atoms with van der Waals surface area (Å²) in [5, 5.41) is 0.422. The van der Waals surface area contributed by atoms with Crippen LogP contribution in [0.15, 0.2) is 36.7 Å². The van der Waals surface area contributed by atoms with Crippen molar-refractivity contribution in [3.8, 4) is 11.5 Å². The fraction of sp³-hybridized carbons (Fsp3) is 0.154. The molecule has 1 aromatic carbocycles. The molecule has 2 rings (SSSR count). The van der Waals surface area contributed by atoms with E-state index in [0.717, 1.165) is 0 Å². The lowest BCUT2D eigenvalue weighted by atomic mass is 10.1. The molecular weight excluding hydrogens is 255 g/mol. The molecule has 94 valence electrons. The van der Waals surface area contributed by atoms with E-state index in [4.69, 9.17) is 22.1 Å². The van der Waals surface area contributed by atoms with Gasteiger partial charge >= 0.3 is 0 Å². The Bertz CT molecular complexity index is 560. The molecule has 3 nitrogen and oxygen atoms in total. The Hall–Kier alpha value is -1.65. The van der Waals surface area contributed by atoms with Crippen LogP contribution >= 0.6 is 11.6 Å². The van der Waals surface area contributed by atoms with E-state index in [1.165, 1.54) is 18.5 Å². The molecule has 0 aliphatic heterocycles. The normalized spacial score (nSPS) is 12.2. The van der Waals surface area contributed by atoms with Gasteiger partial charge in [-0.2, -0.15) is 0 Å². The zero-order chi connectivity index (χ0) is 13.1. The summed E-state index contributed by atoms with van der Waals surface area (Å²) in [6.45, 7) is 1.76. The maximum absolute atomic E-state index is 13.8. The summed E-state index contributed by atoms with van der Waals surface area (Å²) in [5.74, 6) is 0.0100. The molecule has 1 aromatic heterocycles. The zero-order valence-corrected chi connectivity index (χ0v) is 10.5. The smallest absolute Gasteiger partial charge is 0.167 e. The first-order valence-electron chi connectivity index (χ1n) is 5.40. The van der Waals surface area contributed by atoms with Crippen molar-refractivity contribution in [1.29, 1.82) is 0 Å². The Balaban J connectivity index is 2.39. The van der Waals surface area contributed by atoms with E-state index in [0.29, 0.717) is 16.3 Å². The average Bonchev–Trinajstić information content (AvgIpc) is 2.31. The number of nitrogens with two attached hydrogens (primary N) is 1. The van der Waals surface area contributed by atoms with Crippen LogP contribution in [0.3, 0.4) is 0 Å². The molecule has 0 aliphatic carbocycles. The third kappa shape index (κ3) is 2.78. The zero-order valence-electron chi connectivity index (χ0n) is 9.73. The summed E-state index contributed by atoms with van der Waals surface area (Å²) < 4.78 is 19.2. The number of benzene rings is 1. The molecule has 1 atom stereocenters. The van der Waals surface area contributed by atoms with E-state index in [2.05, 4.69) is 4.98 Å². The summed E-state index contributed by atoms with van der Waals surface area (Å²) in [5.41, 5.74) is 6.37. The second-order valence-electron chi connectivity index (χ2n) is 3.89. The van der Waals surface area contributed by atoms with Gasteiger partial charge in [0.1, 0.15) is 5.75 Å². The number of ether oxygens (including phenoxy) is 1. The predicted molar refractivity (Wildman–Crippen MR) is 68.3 cm³/mol. The molecule has 0 spiro atoms. The highest BCUT2D eigenvalue weighted by Gasteiger charge is 2.14. The minimum Gasteiger partial charge on any atom is -0.452 e. The van der Waals surface area contributed by atoms with E-state index in [1.54, 1.807) is 25.1 Å². The summed E-state index contributed by atoms with van der Waals surface area (Å²) in [6, 6.07) is 5.87. The number of rotatable bonds is 3. The SMILES string of the molecule is CC(N)c1cccc(F)c1Oc1cncc(Cl)c1. The molecule has 2 N–H and O–H groups in total. The van der Waals surface area contributed by atoms with Gasteiger partial charge in [0.25, 0.3) is 0 Å². The quantitative estimate of drug-likeness (QED) is 0.922. The van der Waals surface area contributed by atoms with Crippen LogP contribution in [0.5, 0.6) is 11.5 Å². The van der Waals surface area contributed by atoms with Crippen molar-refractivity contribution in [2.75, 3.05) is 0 Å². The van der Waals surface area contributed by atoms with Gasteiger partial charge in [-0.25, -0.2) is 4.39 Å². The first-order chi connectivity index (χ1) is 8.58. The summed E-state index contributed by atoms with van der Waals surface area (Å²) in [7, 11) is 0. The summed E-state index contributed by atoms with van der Waals surface area (Å²) in [6.07, 6.45) is 2.94. The van der Waals surface area contributed by atoms with Crippen molar-refractivity contribution >= 4 is 11.6 Å². The van der Waals surface area contributed by atoms with Crippen LogP contribution in [0, 0.1) is 5.82 Å². The van der Waals surface area contributed by atoms with Gasteiger partial charge < -0.3 is 10.5 Å². The predicted octanol–water partition coefficient (Wildman–Crippen LogP) is 3.69. The standard InChI is InChI=1S/C13H12ClFN2O/c1-8(16)11-3-2-4-12(15)13(11)18-10-5-9(14)6-17-7-10/h2-8H,16H2,1H3. The second kappa shape index (κ2) is 5.33. The Labute approximate surface area is 109 Å². The highest BCUT2D eigenvalue weighted by Crippen LogP contribution is 2.31. The van der Waals surface area contributed by atoms with Crippen LogP contribution in [0.25, 0.3) is 0 Å². The lowest BCUT2D eigenvalue weighted by Crippen LogP contribution is -2.07. The molecule has 18 heavy (non-hydrogen) atoms. The Morgan fingerprint density at radius 2 is 2.17 bits per heavy atom. The van der Waals surface area contributed by atoms with Gasteiger partial charge in [-0.3, -0.25) is 4.98 Å². The fourth-order valence-corrected chi connectivity index (χ4v) is 1.72. The van der Waals surface area contributed by atoms with E-state index < -0.39 is 5.82 Å². The molecule has 0 bridgehead atoms. The molecule has 0 radical (unpaired) electrons. The number of pyridine rings is 1. The maximum Gasteiger partial charge on any atom is 0.167 e. The molecule has 0 saturated heterocycles. The van der Waals surface area contributed by atoms with E-state index >= 15 is 0 Å². The number of hydrogen-bond donors (Lipinski definition) is 1. The first kappa shape index (κ1) is 12.8. The highest BCUT2D eigenvalue weighted by atomic mass is 35.5. The number of nitrogens with zero attached hydrogens (tertiary/aromatic N) is 1. The minimum atomic E-state index is -0.468. The third-order valence-electron chi connectivity index (χ3n) is 2.39. The van der Waals surface area contributed by atoms with Crippen molar-refractivity contribution < 1.29 is 9.13 Å². The van der Waals surface area contributed by atoms with E-state index in [1.807, 2.05) is 0 Å². The lowest BCUT2D eigenvalue weighted by molar-refractivity contribution is 0.431. The maximum atomic E-state index is 13.8. The second-order valence-corrected chi connectivity index (χ2v) is 4.32. The first-order valence-corrected chi connectivity index (χ1v) is 5.78. The van der Waals surface area contributed by atoms with Gasteiger partial charge in [-0.05, 0) is 13.0 Å². The topological polar surface area (TPSA) is 48.1 Å². The monoisotopic (exact) mass is 266 g/mol. The highest BCUT2D eigenvalue weighted by molar-refractivity contribution is 6.30. The molecule has 1 unspecified atom stereocenters. The van der Waals surface area contributed by atoms with E-state index in [9.17, 15) is 4.39 Å². The summed E-state index contributed by atoms with van der Waals surface area (Å²) >= 11 is 5.79. The molecule has 0 aliphatic rings. The lowest BCUT2D eigenvalue weighted by Gasteiger charge is -2.14. The summed E-state index contributed by atoms with van der Waals surface area (Å²) in [4.78, 5) is 3.87. The van der Waals surface area contributed by atoms with Crippen LogP contribution < -0.4 is 10.5 Å². The van der Waals surface area contributed by atoms with Crippen LogP contribution in [-0.4, -0.2) is 4.98 Å². The Morgan fingerprint density at radius 3 is 2.83 bits per heavy atom. The van der Waals surface area contributed by atoms with Crippen LogP contribution in [-0.2, 0) is 0 Å². The Morgan fingerprint density at radius 1 is 1.39 bits per heavy atom. The minimum absolute atomic E-state index is 0.108. The van der Waals surface area contributed by atoms with Gasteiger partial charge in [0.05, 0.1) is 11.2 Å². The Kier molecular flexibility index (Phi) is 3.79. The van der Waals surface area contributed by atoms with Gasteiger partial charge in [-0.15, -0.1) is 0 Å².